The summed E-state index contributed by atoms with van der Waals surface area (Å²) in [4.78, 5) is 16.7. The number of alkyl halides is 1. The lowest BCUT2D eigenvalue weighted by Gasteiger charge is -2.35. The van der Waals surface area contributed by atoms with Gasteiger partial charge in [0.15, 0.2) is 0 Å². The van der Waals surface area contributed by atoms with Crippen molar-refractivity contribution < 1.29 is 17.9 Å². The molecule has 1 atom stereocenters. The number of rotatable bonds is 7. The lowest BCUT2D eigenvalue weighted by atomic mass is 10.2. The first-order valence-corrected chi connectivity index (χ1v) is 12.0. The number of piperazine rings is 1. The molecular weight excluding hydrogens is 436 g/mol. The Labute approximate surface area is 181 Å². The first kappa shape index (κ1) is 22.1. The van der Waals surface area contributed by atoms with Crippen LogP contribution in [0.25, 0.3) is 0 Å². The van der Waals surface area contributed by atoms with Crippen molar-refractivity contribution in [3.63, 3.8) is 0 Å². The van der Waals surface area contributed by atoms with E-state index in [1.807, 2.05) is 31.2 Å². The maximum absolute atomic E-state index is 12.2. The number of amides is 1. The van der Waals surface area contributed by atoms with Crippen LogP contribution in [0.5, 0.6) is 0 Å². The van der Waals surface area contributed by atoms with E-state index in [0.29, 0.717) is 39.3 Å². The zero-order valence-electron chi connectivity index (χ0n) is 16.2. The Morgan fingerprint density at radius 1 is 1.21 bits per heavy atom. The highest BCUT2D eigenvalue weighted by molar-refractivity contribution is 7.90. The molecule has 29 heavy (non-hydrogen) atoms. The SMILES string of the molecule is CCC(=S)NCC1CN(c2ccc(N3CCN(S(=O)(=O)CCl)CC3)cc2)C(=O)O1. The summed E-state index contributed by atoms with van der Waals surface area (Å²) in [5, 5.41) is 2.71. The highest BCUT2D eigenvalue weighted by atomic mass is 35.5. The summed E-state index contributed by atoms with van der Waals surface area (Å²) in [6, 6.07) is 7.63. The molecule has 2 aliphatic rings. The Bertz CT molecular complexity index is 842. The molecule has 2 aliphatic heterocycles. The van der Waals surface area contributed by atoms with Gasteiger partial charge in [-0.25, -0.2) is 13.2 Å². The van der Waals surface area contributed by atoms with Crippen molar-refractivity contribution in [3.05, 3.63) is 24.3 Å². The molecule has 3 rings (SSSR count). The van der Waals surface area contributed by atoms with Crippen molar-refractivity contribution in [2.24, 2.45) is 0 Å². The minimum absolute atomic E-state index is 0.247. The molecule has 1 N–H and O–H groups in total. The summed E-state index contributed by atoms with van der Waals surface area (Å²) < 4.78 is 30.5. The average Bonchev–Trinajstić information content (AvgIpc) is 3.12. The summed E-state index contributed by atoms with van der Waals surface area (Å²) in [6.45, 7) is 4.93. The smallest absolute Gasteiger partial charge is 0.414 e. The van der Waals surface area contributed by atoms with Crippen molar-refractivity contribution >= 4 is 56.3 Å². The molecule has 1 unspecified atom stereocenters. The maximum atomic E-state index is 12.2. The van der Waals surface area contributed by atoms with Crippen LogP contribution in [0, 0.1) is 0 Å². The molecule has 11 heteroatoms. The predicted molar refractivity (Wildman–Crippen MR) is 118 cm³/mol. The molecule has 2 saturated heterocycles. The summed E-state index contributed by atoms with van der Waals surface area (Å²) in [5.41, 5.74) is 1.75. The molecule has 1 aromatic rings. The molecule has 160 valence electrons. The number of carbonyl (C=O) groups is 1. The van der Waals surface area contributed by atoms with Gasteiger partial charge in [-0.3, -0.25) is 4.90 Å². The first-order valence-electron chi connectivity index (χ1n) is 9.47. The number of carbonyl (C=O) groups excluding carboxylic acids is 1. The number of halogens is 1. The Morgan fingerprint density at radius 2 is 1.83 bits per heavy atom. The lowest BCUT2D eigenvalue weighted by molar-refractivity contribution is 0.143. The van der Waals surface area contributed by atoms with E-state index in [2.05, 4.69) is 10.2 Å². The fourth-order valence-electron chi connectivity index (χ4n) is 3.33. The van der Waals surface area contributed by atoms with E-state index < -0.39 is 15.2 Å². The van der Waals surface area contributed by atoms with Crippen LogP contribution < -0.4 is 15.1 Å². The van der Waals surface area contributed by atoms with E-state index in [1.54, 1.807) is 4.90 Å². The topological polar surface area (TPSA) is 82.2 Å². The molecule has 0 aromatic heterocycles. The van der Waals surface area contributed by atoms with E-state index >= 15 is 0 Å². The van der Waals surface area contributed by atoms with Gasteiger partial charge >= 0.3 is 6.09 Å². The normalized spacial score (nSPS) is 20.6. The minimum atomic E-state index is -3.37. The zero-order valence-corrected chi connectivity index (χ0v) is 18.6. The average molecular weight is 461 g/mol. The molecule has 0 bridgehead atoms. The van der Waals surface area contributed by atoms with E-state index in [4.69, 9.17) is 28.6 Å². The van der Waals surface area contributed by atoms with Crippen molar-refractivity contribution in [2.75, 3.05) is 54.3 Å². The van der Waals surface area contributed by atoms with Crippen LogP contribution in [0.1, 0.15) is 13.3 Å². The third-order valence-electron chi connectivity index (χ3n) is 5.02. The number of thiocarbonyl (C=S) groups is 1. The highest BCUT2D eigenvalue weighted by Gasteiger charge is 2.32. The molecule has 0 radical (unpaired) electrons. The summed E-state index contributed by atoms with van der Waals surface area (Å²) in [5.74, 6) is 0. The van der Waals surface area contributed by atoms with Crippen LogP contribution in [0.3, 0.4) is 0 Å². The second-order valence-electron chi connectivity index (χ2n) is 6.90. The minimum Gasteiger partial charge on any atom is -0.442 e. The molecular formula is C18H25ClN4O4S2. The quantitative estimate of drug-likeness (QED) is 0.492. The Balaban J connectivity index is 1.57. The van der Waals surface area contributed by atoms with Gasteiger partial charge in [0.1, 0.15) is 11.3 Å². The Morgan fingerprint density at radius 3 is 2.41 bits per heavy atom. The largest absolute Gasteiger partial charge is 0.442 e. The van der Waals surface area contributed by atoms with Gasteiger partial charge in [0, 0.05) is 37.6 Å². The van der Waals surface area contributed by atoms with Gasteiger partial charge in [0.2, 0.25) is 10.0 Å². The number of anilines is 2. The van der Waals surface area contributed by atoms with Gasteiger partial charge in [0.25, 0.3) is 0 Å². The molecule has 0 saturated carbocycles. The number of hydrogen-bond acceptors (Lipinski definition) is 6. The van der Waals surface area contributed by atoms with Crippen LogP contribution in [-0.2, 0) is 14.8 Å². The van der Waals surface area contributed by atoms with E-state index in [-0.39, 0.29) is 12.2 Å². The Hall–Kier alpha value is -1.62. The van der Waals surface area contributed by atoms with Crippen LogP contribution in [0.2, 0.25) is 0 Å². The molecule has 0 spiro atoms. The van der Waals surface area contributed by atoms with Crippen molar-refractivity contribution in [3.8, 4) is 0 Å². The van der Waals surface area contributed by atoms with Crippen molar-refractivity contribution in [2.45, 2.75) is 19.4 Å². The summed E-state index contributed by atoms with van der Waals surface area (Å²) in [7, 11) is -3.37. The van der Waals surface area contributed by atoms with E-state index in [0.717, 1.165) is 22.8 Å². The van der Waals surface area contributed by atoms with Gasteiger partial charge in [-0.1, -0.05) is 19.1 Å². The first-order chi connectivity index (χ1) is 13.8. The van der Waals surface area contributed by atoms with Gasteiger partial charge in [-0.15, -0.1) is 11.6 Å². The van der Waals surface area contributed by atoms with Crippen LogP contribution in [-0.4, -0.2) is 74.4 Å². The monoisotopic (exact) mass is 460 g/mol. The maximum Gasteiger partial charge on any atom is 0.414 e. The standard InChI is InChI=1S/C18H25ClN4O4S2/c1-2-17(28)20-11-16-12-23(18(24)27-16)15-5-3-14(4-6-15)21-7-9-22(10-8-21)29(25,26)13-19/h3-6,16H,2,7-13H2,1H3,(H,20,28). The fraction of sp³-hybridized carbons (Fsp3) is 0.556. The third-order valence-corrected chi connectivity index (χ3v) is 7.71. The number of nitrogens with one attached hydrogen (secondary N) is 1. The number of ether oxygens (including phenoxy) is 1. The number of sulfonamides is 1. The van der Waals surface area contributed by atoms with Gasteiger partial charge in [-0.2, -0.15) is 4.31 Å². The number of nitrogens with zero attached hydrogens (tertiary/aromatic N) is 3. The molecule has 2 heterocycles. The lowest BCUT2D eigenvalue weighted by Crippen LogP contribution is -2.49. The molecule has 1 amide bonds. The van der Waals surface area contributed by atoms with Gasteiger partial charge < -0.3 is 15.0 Å². The molecule has 2 fully saturated rings. The summed E-state index contributed by atoms with van der Waals surface area (Å²) in [6.07, 6.45) is 0.142. The number of hydrogen-bond donors (Lipinski definition) is 1. The molecule has 1 aromatic carbocycles. The molecule has 8 nitrogen and oxygen atoms in total. The fourth-order valence-corrected chi connectivity index (χ4v) is 4.68. The summed E-state index contributed by atoms with van der Waals surface area (Å²) >= 11 is 10.7. The third kappa shape index (κ3) is 5.30. The van der Waals surface area contributed by atoms with Crippen LogP contribution in [0.15, 0.2) is 24.3 Å². The van der Waals surface area contributed by atoms with Gasteiger partial charge in [0.05, 0.1) is 18.1 Å². The Kier molecular flexibility index (Phi) is 7.20. The number of cyclic esters (lactones) is 1. The predicted octanol–water partition coefficient (Wildman–Crippen LogP) is 1.99. The van der Waals surface area contributed by atoms with Gasteiger partial charge in [-0.05, 0) is 30.7 Å². The molecule has 0 aliphatic carbocycles. The van der Waals surface area contributed by atoms with E-state index in [9.17, 15) is 13.2 Å². The zero-order chi connectivity index (χ0) is 21.0. The van der Waals surface area contributed by atoms with Crippen molar-refractivity contribution in [1.29, 1.82) is 0 Å². The van der Waals surface area contributed by atoms with Crippen LogP contribution in [0.4, 0.5) is 16.2 Å². The van der Waals surface area contributed by atoms with E-state index in [1.165, 1.54) is 4.31 Å². The van der Waals surface area contributed by atoms with Crippen LogP contribution >= 0.6 is 23.8 Å². The second-order valence-corrected chi connectivity index (χ2v) is 9.94. The van der Waals surface area contributed by atoms with Crippen molar-refractivity contribution in [1.82, 2.24) is 9.62 Å². The highest BCUT2D eigenvalue weighted by Crippen LogP contribution is 2.26. The number of benzene rings is 1. The second kappa shape index (κ2) is 9.46.